The molecule has 4 heteroatoms. The predicted molar refractivity (Wildman–Crippen MR) is 65.1 cm³/mol. The maximum Gasteiger partial charge on any atom is 0.114 e. The molecule has 0 amide bonds. The van der Waals surface area contributed by atoms with E-state index < -0.39 is 6.10 Å². The van der Waals surface area contributed by atoms with Gasteiger partial charge in [-0.3, -0.25) is 0 Å². The van der Waals surface area contributed by atoms with Gasteiger partial charge in [0.2, 0.25) is 0 Å². The molecular weight excluding hydrogens is 280 g/mol. The van der Waals surface area contributed by atoms with Gasteiger partial charge in [-0.2, -0.15) is 0 Å². The van der Waals surface area contributed by atoms with E-state index in [2.05, 4.69) is 15.9 Å². The molecule has 0 aliphatic rings. The van der Waals surface area contributed by atoms with E-state index in [9.17, 15) is 5.11 Å². The molecule has 2 aromatic rings. The molecule has 1 N–H and O–H groups in total. The summed E-state index contributed by atoms with van der Waals surface area (Å²) in [6, 6.07) is 3.99. The van der Waals surface area contributed by atoms with Crippen LogP contribution in [0.1, 0.15) is 21.4 Å². The highest BCUT2D eigenvalue weighted by Gasteiger charge is 2.13. The Morgan fingerprint density at radius 3 is 2.57 bits per heavy atom. The standard InChI is InChI=1S/C10H9BrOS2/c1-6-2-7(4-13-6)10(12)9-3-8(11)5-14-9/h2-5,10,12H,1H3. The molecular formula is C10H9BrOS2. The average molecular weight is 289 g/mol. The van der Waals surface area contributed by atoms with Gasteiger partial charge < -0.3 is 5.11 Å². The Labute approximate surface area is 99.2 Å². The second kappa shape index (κ2) is 4.14. The van der Waals surface area contributed by atoms with Crippen LogP contribution in [0.5, 0.6) is 0 Å². The Morgan fingerprint density at radius 2 is 2.07 bits per heavy atom. The quantitative estimate of drug-likeness (QED) is 0.887. The fourth-order valence-corrected chi connectivity index (χ4v) is 3.42. The van der Waals surface area contributed by atoms with Crippen LogP contribution in [0, 0.1) is 6.92 Å². The molecule has 0 fully saturated rings. The summed E-state index contributed by atoms with van der Waals surface area (Å²) in [5.41, 5.74) is 0.988. The number of aliphatic hydroxyl groups is 1. The highest BCUT2D eigenvalue weighted by molar-refractivity contribution is 9.10. The second-order valence-electron chi connectivity index (χ2n) is 3.06. The molecule has 0 saturated heterocycles. The summed E-state index contributed by atoms with van der Waals surface area (Å²) < 4.78 is 1.03. The number of hydrogen-bond donors (Lipinski definition) is 1. The van der Waals surface area contributed by atoms with Gasteiger partial charge in [0.05, 0.1) is 0 Å². The molecule has 0 saturated carbocycles. The zero-order chi connectivity index (χ0) is 10.1. The van der Waals surface area contributed by atoms with Crippen molar-refractivity contribution in [1.29, 1.82) is 0 Å². The van der Waals surface area contributed by atoms with Gasteiger partial charge in [0.15, 0.2) is 0 Å². The van der Waals surface area contributed by atoms with Crippen molar-refractivity contribution in [2.45, 2.75) is 13.0 Å². The molecule has 2 rings (SSSR count). The molecule has 0 bridgehead atoms. The Bertz CT molecular complexity index is 393. The van der Waals surface area contributed by atoms with Crippen LogP contribution in [0.2, 0.25) is 0 Å². The van der Waals surface area contributed by atoms with Crippen LogP contribution in [0.15, 0.2) is 27.4 Å². The maximum absolute atomic E-state index is 10.0. The van der Waals surface area contributed by atoms with Crippen molar-refractivity contribution in [1.82, 2.24) is 0 Å². The van der Waals surface area contributed by atoms with Crippen molar-refractivity contribution >= 4 is 38.6 Å². The van der Waals surface area contributed by atoms with E-state index >= 15 is 0 Å². The first-order chi connectivity index (χ1) is 6.66. The Balaban J connectivity index is 2.28. The van der Waals surface area contributed by atoms with Crippen LogP contribution in [0.3, 0.4) is 0 Å². The monoisotopic (exact) mass is 288 g/mol. The van der Waals surface area contributed by atoms with Crippen molar-refractivity contribution in [3.05, 3.63) is 42.7 Å². The van der Waals surface area contributed by atoms with E-state index in [0.717, 1.165) is 14.9 Å². The van der Waals surface area contributed by atoms with Crippen LogP contribution in [-0.2, 0) is 0 Å². The smallest absolute Gasteiger partial charge is 0.114 e. The topological polar surface area (TPSA) is 20.2 Å². The molecule has 1 unspecified atom stereocenters. The molecule has 0 aliphatic heterocycles. The van der Waals surface area contributed by atoms with E-state index in [1.54, 1.807) is 22.7 Å². The molecule has 2 aromatic heterocycles. The molecule has 1 nitrogen and oxygen atoms in total. The van der Waals surface area contributed by atoms with Crippen molar-refractivity contribution in [2.24, 2.45) is 0 Å². The molecule has 2 heterocycles. The van der Waals surface area contributed by atoms with Gasteiger partial charge in [0, 0.05) is 19.6 Å². The van der Waals surface area contributed by atoms with Crippen LogP contribution in [0.4, 0.5) is 0 Å². The molecule has 0 spiro atoms. The third-order valence-electron chi connectivity index (χ3n) is 1.92. The lowest BCUT2D eigenvalue weighted by Gasteiger charge is -2.04. The van der Waals surface area contributed by atoms with Crippen molar-refractivity contribution in [3.8, 4) is 0 Å². The summed E-state index contributed by atoms with van der Waals surface area (Å²) in [6.45, 7) is 2.05. The van der Waals surface area contributed by atoms with Crippen molar-refractivity contribution in [2.75, 3.05) is 0 Å². The van der Waals surface area contributed by atoms with E-state index in [4.69, 9.17) is 0 Å². The average Bonchev–Trinajstić information content (AvgIpc) is 2.73. The first-order valence-corrected chi connectivity index (χ1v) is 6.69. The fourth-order valence-electron chi connectivity index (χ4n) is 1.24. The van der Waals surface area contributed by atoms with Crippen LogP contribution < -0.4 is 0 Å². The summed E-state index contributed by atoms with van der Waals surface area (Å²) in [5, 5.41) is 14.0. The molecule has 0 aliphatic carbocycles. The summed E-state index contributed by atoms with van der Waals surface area (Å²) >= 11 is 6.62. The summed E-state index contributed by atoms with van der Waals surface area (Å²) in [6.07, 6.45) is -0.476. The van der Waals surface area contributed by atoms with Crippen molar-refractivity contribution < 1.29 is 5.11 Å². The predicted octanol–water partition coefficient (Wildman–Crippen LogP) is 3.96. The van der Waals surface area contributed by atoms with E-state index in [0.29, 0.717) is 0 Å². The number of halogens is 1. The van der Waals surface area contributed by atoms with E-state index in [1.807, 2.05) is 29.8 Å². The lowest BCUT2D eigenvalue weighted by atomic mass is 10.1. The Morgan fingerprint density at radius 1 is 1.29 bits per heavy atom. The number of thiophene rings is 2. The minimum absolute atomic E-state index is 0.476. The fraction of sp³-hybridized carbons (Fsp3) is 0.200. The third kappa shape index (κ3) is 2.08. The SMILES string of the molecule is Cc1cc(C(O)c2cc(Br)cs2)cs1. The number of aliphatic hydroxyl groups excluding tert-OH is 1. The number of hydrogen-bond acceptors (Lipinski definition) is 3. The second-order valence-corrected chi connectivity index (χ2v) is 6.03. The lowest BCUT2D eigenvalue weighted by Crippen LogP contribution is -1.93. The summed E-state index contributed by atoms with van der Waals surface area (Å²) in [7, 11) is 0. The van der Waals surface area contributed by atoms with Crippen LogP contribution in [-0.4, -0.2) is 5.11 Å². The van der Waals surface area contributed by atoms with E-state index in [-0.39, 0.29) is 0 Å². The zero-order valence-electron chi connectivity index (χ0n) is 7.53. The largest absolute Gasteiger partial charge is 0.383 e. The van der Waals surface area contributed by atoms with Crippen LogP contribution in [0.25, 0.3) is 0 Å². The zero-order valence-corrected chi connectivity index (χ0v) is 10.7. The Hall–Kier alpha value is -0.160. The molecule has 0 aromatic carbocycles. The Kier molecular flexibility index (Phi) is 3.07. The van der Waals surface area contributed by atoms with Gasteiger partial charge in [-0.15, -0.1) is 22.7 Å². The van der Waals surface area contributed by atoms with Gasteiger partial charge in [-0.05, 0) is 45.9 Å². The lowest BCUT2D eigenvalue weighted by molar-refractivity contribution is 0.224. The number of rotatable bonds is 2. The number of aryl methyl sites for hydroxylation is 1. The maximum atomic E-state index is 10.0. The van der Waals surface area contributed by atoms with Gasteiger partial charge in [0.25, 0.3) is 0 Å². The molecule has 74 valence electrons. The highest BCUT2D eigenvalue weighted by atomic mass is 79.9. The normalized spacial score (nSPS) is 13.1. The molecule has 1 atom stereocenters. The van der Waals surface area contributed by atoms with Gasteiger partial charge >= 0.3 is 0 Å². The molecule has 14 heavy (non-hydrogen) atoms. The van der Waals surface area contributed by atoms with Crippen molar-refractivity contribution in [3.63, 3.8) is 0 Å². The van der Waals surface area contributed by atoms with Crippen LogP contribution >= 0.6 is 38.6 Å². The first kappa shape index (κ1) is 10.4. The third-order valence-corrected chi connectivity index (χ3v) is 4.55. The minimum Gasteiger partial charge on any atom is -0.383 e. The first-order valence-electron chi connectivity index (χ1n) is 4.14. The van der Waals surface area contributed by atoms with E-state index in [1.165, 1.54) is 4.88 Å². The molecule has 0 radical (unpaired) electrons. The van der Waals surface area contributed by atoms with Gasteiger partial charge in [-0.1, -0.05) is 0 Å². The van der Waals surface area contributed by atoms with Gasteiger partial charge in [-0.25, -0.2) is 0 Å². The van der Waals surface area contributed by atoms with Gasteiger partial charge in [0.1, 0.15) is 6.10 Å². The summed E-state index contributed by atoms with van der Waals surface area (Å²) in [5.74, 6) is 0. The summed E-state index contributed by atoms with van der Waals surface area (Å²) in [4.78, 5) is 2.21. The highest BCUT2D eigenvalue weighted by Crippen LogP contribution is 2.31. The minimum atomic E-state index is -0.476.